The van der Waals surface area contributed by atoms with Crippen LogP contribution in [0, 0.1) is 20.8 Å². The molecule has 2 aromatic carbocycles. The minimum absolute atomic E-state index is 0.0319. The van der Waals surface area contributed by atoms with Gasteiger partial charge in [0.15, 0.2) is 0 Å². The van der Waals surface area contributed by atoms with Crippen molar-refractivity contribution in [1.29, 1.82) is 0 Å². The highest BCUT2D eigenvalue weighted by Crippen LogP contribution is 2.20. The van der Waals surface area contributed by atoms with Crippen molar-refractivity contribution in [2.45, 2.75) is 33.8 Å². The number of benzene rings is 2. The van der Waals surface area contributed by atoms with Gasteiger partial charge in [-0.15, -0.1) is 11.3 Å². The van der Waals surface area contributed by atoms with Crippen LogP contribution in [0.2, 0.25) is 0 Å². The molecule has 0 aliphatic rings. The van der Waals surface area contributed by atoms with Crippen molar-refractivity contribution < 1.29 is 14.3 Å². The fourth-order valence-corrected chi connectivity index (χ4v) is 4.29. The van der Waals surface area contributed by atoms with Crippen LogP contribution in [0.1, 0.15) is 38.0 Å². The van der Waals surface area contributed by atoms with Gasteiger partial charge in [-0.05, 0) is 44.5 Å². The lowest BCUT2D eigenvalue weighted by atomic mass is 10.2. The average molecular weight is 461 g/mol. The van der Waals surface area contributed by atoms with Crippen molar-refractivity contribution in [2.24, 2.45) is 0 Å². The largest absolute Gasteiger partial charge is 0.455 e. The van der Waals surface area contributed by atoms with Crippen molar-refractivity contribution in [2.75, 3.05) is 5.32 Å². The Morgan fingerprint density at radius 2 is 1.76 bits per heavy atom. The first kappa shape index (κ1) is 22.4. The second kappa shape index (κ2) is 9.79. The lowest BCUT2D eigenvalue weighted by molar-refractivity contribution is -0.115. The van der Waals surface area contributed by atoms with Gasteiger partial charge in [0.2, 0.25) is 5.91 Å². The van der Waals surface area contributed by atoms with Crippen LogP contribution < -0.4 is 5.32 Å². The third kappa shape index (κ3) is 5.18. The van der Waals surface area contributed by atoms with Crippen LogP contribution in [-0.2, 0) is 22.6 Å². The smallest absolute Gasteiger partial charge is 0.342 e. The van der Waals surface area contributed by atoms with E-state index < -0.39 is 5.97 Å². The normalized spacial score (nSPS) is 10.8. The number of para-hydroxylation sites is 2. The first-order valence-electron chi connectivity index (χ1n) is 10.5. The van der Waals surface area contributed by atoms with Crippen LogP contribution in [-0.4, -0.2) is 26.6 Å². The van der Waals surface area contributed by atoms with Gasteiger partial charge in [0, 0.05) is 11.1 Å². The van der Waals surface area contributed by atoms with Crippen LogP contribution in [0.4, 0.5) is 5.69 Å². The van der Waals surface area contributed by atoms with Crippen molar-refractivity contribution in [1.82, 2.24) is 14.8 Å². The number of amides is 1. The van der Waals surface area contributed by atoms with E-state index in [-0.39, 0.29) is 18.9 Å². The van der Waals surface area contributed by atoms with E-state index in [0.29, 0.717) is 22.0 Å². The highest BCUT2D eigenvalue weighted by Gasteiger charge is 2.21. The standard InChI is InChI=1S/C25H24N4O3S/c1-16-9-7-8-12-21(16)27-22(30)13-23-26-19(15-33-23)14-32-25(31)24-17(2)28-29(18(24)3)20-10-5-4-6-11-20/h4-12,15H,13-14H2,1-3H3,(H,27,30). The molecule has 7 nitrogen and oxygen atoms in total. The number of nitrogens with zero attached hydrogens (tertiary/aromatic N) is 3. The molecule has 1 amide bonds. The number of thiazole rings is 1. The zero-order valence-electron chi connectivity index (χ0n) is 18.7. The van der Waals surface area contributed by atoms with Gasteiger partial charge in [-0.1, -0.05) is 36.4 Å². The number of hydrogen-bond donors (Lipinski definition) is 1. The number of aryl methyl sites for hydroxylation is 2. The molecule has 0 saturated carbocycles. The Bertz CT molecular complexity index is 1290. The highest BCUT2D eigenvalue weighted by atomic mass is 32.1. The third-order valence-electron chi connectivity index (χ3n) is 5.18. The van der Waals surface area contributed by atoms with Crippen LogP contribution in [0.25, 0.3) is 5.69 Å². The van der Waals surface area contributed by atoms with E-state index >= 15 is 0 Å². The Labute approximate surface area is 196 Å². The first-order chi connectivity index (χ1) is 15.9. The van der Waals surface area contributed by atoms with Crippen molar-refractivity contribution in [3.8, 4) is 5.69 Å². The molecule has 8 heteroatoms. The second-order valence-electron chi connectivity index (χ2n) is 7.64. The van der Waals surface area contributed by atoms with E-state index in [9.17, 15) is 9.59 Å². The van der Waals surface area contributed by atoms with E-state index in [0.717, 1.165) is 22.6 Å². The van der Waals surface area contributed by atoms with E-state index in [1.165, 1.54) is 11.3 Å². The molecule has 0 atom stereocenters. The third-order valence-corrected chi connectivity index (χ3v) is 6.08. The minimum Gasteiger partial charge on any atom is -0.455 e. The Balaban J connectivity index is 1.37. The molecule has 0 aliphatic heterocycles. The molecule has 0 radical (unpaired) electrons. The summed E-state index contributed by atoms with van der Waals surface area (Å²) in [6.07, 6.45) is 0.162. The average Bonchev–Trinajstić information content (AvgIpc) is 3.37. The second-order valence-corrected chi connectivity index (χ2v) is 8.58. The Morgan fingerprint density at radius 3 is 2.52 bits per heavy atom. The maximum atomic E-state index is 12.8. The van der Waals surface area contributed by atoms with Crippen molar-refractivity contribution in [3.63, 3.8) is 0 Å². The topological polar surface area (TPSA) is 86.1 Å². The molecule has 0 saturated heterocycles. The molecule has 0 unspecified atom stereocenters. The summed E-state index contributed by atoms with van der Waals surface area (Å²) in [4.78, 5) is 29.5. The Kier molecular flexibility index (Phi) is 6.65. The molecule has 1 N–H and O–H groups in total. The molecule has 2 heterocycles. The predicted molar refractivity (Wildman–Crippen MR) is 128 cm³/mol. The first-order valence-corrected chi connectivity index (χ1v) is 11.4. The fraction of sp³-hybridized carbons (Fsp3) is 0.200. The van der Waals surface area contributed by atoms with Crippen molar-refractivity contribution in [3.05, 3.63) is 93.2 Å². The van der Waals surface area contributed by atoms with Crippen LogP contribution in [0.5, 0.6) is 0 Å². The minimum atomic E-state index is -0.445. The molecule has 0 aliphatic carbocycles. The van der Waals surface area contributed by atoms with E-state index in [1.54, 1.807) is 17.0 Å². The summed E-state index contributed by atoms with van der Waals surface area (Å²) in [6, 6.07) is 17.2. The van der Waals surface area contributed by atoms with Crippen molar-refractivity contribution >= 4 is 28.9 Å². The molecule has 4 rings (SSSR count). The Hall–Kier alpha value is -3.78. The van der Waals surface area contributed by atoms with Crippen LogP contribution >= 0.6 is 11.3 Å². The summed E-state index contributed by atoms with van der Waals surface area (Å²) in [7, 11) is 0. The summed E-state index contributed by atoms with van der Waals surface area (Å²) < 4.78 is 7.24. The molecule has 33 heavy (non-hydrogen) atoms. The fourth-order valence-electron chi connectivity index (χ4n) is 3.51. The van der Waals surface area contributed by atoms with Gasteiger partial charge in [0.25, 0.3) is 0 Å². The highest BCUT2D eigenvalue weighted by molar-refractivity contribution is 7.09. The SMILES string of the molecule is Cc1ccccc1NC(=O)Cc1nc(COC(=O)c2c(C)nn(-c3ccccc3)c2C)cs1. The summed E-state index contributed by atoms with van der Waals surface area (Å²) >= 11 is 1.37. The van der Waals surface area contributed by atoms with Crippen LogP contribution in [0.15, 0.2) is 60.0 Å². The van der Waals surface area contributed by atoms with Gasteiger partial charge in [-0.2, -0.15) is 5.10 Å². The molecular formula is C25H24N4O3S. The summed E-state index contributed by atoms with van der Waals surface area (Å²) in [5.41, 5.74) is 5.05. The number of nitrogens with one attached hydrogen (secondary N) is 1. The molecule has 0 fully saturated rings. The predicted octanol–water partition coefficient (Wildman–Crippen LogP) is 4.79. The van der Waals surface area contributed by atoms with E-state index in [2.05, 4.69) is 15.4 Å². The molecule has 0 bridgehead atoms. The maximum Gasteiger partial charge on any atom is 0.342 e. The molecule has 0 spiro atoms. The van der Waals surface area contributed by atoms with Gasteiger partial charge in [0.1, 0.15) is 17.2 Å². The molecular weight excluding hydrogens is 436 g/mol. The Morgan fingerprint density at radius 1 is 1.03 bits per heavy atom. The lowest BCUT2D eigenvalue weighted by Gasteiger charge is -2.07. The zero-order valence-corrected chi connectivity index (χ0v) is 19.5. The monoisotopic (exact) mass is 460 g/mol. The lowest BCUT2D eigenvalue weighted by Crippen LogP contribution is -2.15. The molecule has 168 valence electrons. The molecule has 2 aromatic heterocycles. The number of ether oxygens (including phenoxy) is 1. The summed E-state index contributed by atoms with van der Waals surface area (Å²) in [5.74, 6) is -0.583. The summed E-state index contributed by atoms with van der Waals surface area (Å²) in [6.45, 7) is 5.61. The molecule has 4 aromatic rings. The van der Waals surface area contributed by atoms with Gasteiger partial charge < -0.3 is 10.1 Å². The van der Waals surface area contributed by atoms with Gasteiger partial charge in [-0.25, -0.2) is 14.5 Å². The number of carbonyl (C=O) groups is 2. The number of anilines is 1. The van der Waals surface area contributed by atoms with E-state index in [4.69, 9.17) is 4.74 Å². The summed E-state index contributed by atoms with van der Waals surface area (Å²) in [5, 5.41) is 9.86. The van der Waals surface area contributed by atoms with Gasteiger partial charge in [-0.3, -0.25) is 4.79 Å². The van der Waals surface area contributed by atoms with E-state index in [1.807, 2.05) is 68.4 Å². The zero-order chi connectivity index (χ0) is 23.4. The number of hydrogen-bond acceptors (Lipinski definition) is 6. The number of esters is 1. The van der Waals surface area contributed by atoms with Gasteiger partial charge in [0.05, 0.1) is 29.2 Å². The number of aromatic nitrogens is 3. The van der Waals surface area contributed by atoms with Crippen LogP contribution in [0.3, 0.4) is 0 Å². The number of rotatable bonds is 7. The van der Waals surface area contributed by atoms with Gasteiger partial charge >= 0.3 is 5.97 Å². The number of carbonyl (C=O) groups excluding carboxylic acids is 2. The quantitative estimate of drug-likeness (QED) is 0.401. The maximum absolute atomic E-state index is 12.8.